The lowest BCUT2D eigenvalue weighted by Crippen LogP contribution is -2.49. The molecule has 0 N–H and O–H groups in total. The van der Waals surface area contributed by atoms with Crippen molar-refractivity contribution in [2.75, 3.05) is 13.7 Å². The van der Waals surface area contributed by atoms with Gasteiger partial charge >= 0.3 is 8.56 Å². The molecule has 3 heteroatoms. The molecule has 0 aliphatic rings. The summed E-state index contributed by atoms with van der Waals surface area (Å²) in [6, 6.07) is 1.12. The summed E-state index contributed by atoms with van der Waals surface area (Å²) in [5.41, 5.74) is 0. The normalized spacial score (nSPS) is 16.4. The van der Waals surface area contributed by atoms with Crippen molar-refractivity contribution in [1.82, 2.24) is 0 Å². The van der Waals surface area contributed by atoms with Gasteiger partial charge in [0.1, 0.15) is 0 Å². The third kappa shape index (κ3) is 4.25. The molecule has 15 heavy (non-hydrogen) atoms. The molecule has 1 atom stereocenters. The van der Waals surface area contributed by atoms with Gasteiger partial charge in [0.05, 0.1) is 0 Å². The summed E-state index contributed by atoms with van der Waals surface area (Å²) >= 11 is 0. The number of hydrogen-bond acceptors (Lipinski definition) is 2. The highest BCUT2D eigenvalue weighted by molar-refractivity contribution is 6.70. The summed E-state index contributed by atoms with van der Waals surface area (Å²) in [5, 5.41) is 0.158. The van der Waals surface area contributed by atoms with Crippen molar-refractivity contribution in [3.05, 3.63) is 0 Å². The number of hydrogen-bond donors (Lipinski definition) is 0. The Kier molecular flexibility index (Phi) is 6.72. The maximum atomic E-state index is 6.01. The first-order valence-corrected chi connectivity index (χ1v) is 8.15. The zero-order valence-corrected chi connectivity index (χ0v) is 12.4. The Morgan fingerprint density at radius 2 is 1.67 bits per heavy atom. The van der Waals surface area contributed by atoms with Crippen LogP contribution < -0.4 is 0 Å². The van der Waals surface area contributed by atoms with E-state index in [1.54, 1.807) is 0 Å². The van der Waals surface area contributed by atoms with Gasteiger partial charge in [-0.1, -0.05) is 47.0 Å². The van der Waals surface area contributed by atoms with Gasteiger partial charge in [-0.05, 0) is 13.0 Å². The van der Waals surface area contributed by atoms with Gasteiger partial charge in [-0.3, -0.25) is 0 Å². The fourth-order valence-corrected chi connectivity index (χ4v) is 5.42. The van der Waals surface area contributed by atoms with Crippen LogP contribution in [0, 0.1) is 0 Å². The topological polar surface area (TPSA) is 18.5 Å². The molecule has 2 nitrogen and oxygen atoms in total. The molecule has 0 fully saturated rings. The third-order valence-corrected chi connectivity index (χ3v) is 7.67. The molecule has 0 rings (SSSR count). The predicted octanol–water partition coefficient (Wildman–Crippen LogP) is 4.10. The van der Waals surface area contributed by atoms with Crippen LogP contribution in [0.1, 0.15) is 53.9 Å². The minimum atomic E-state index is -2.01. The highest BCUT2D eigenvalue weighted by Gasteiger charge is 2.47. The van der Waals surface area contributed by atoms with Gasteiger partial charge in [-0.15, -0.1) is 0 Å². The Hall–Kier alpha value is 0.137. The van der Waals surface area contributed by atoms with Crippen LogP contribution in [-0.4, -0.2) is 22.3 Å². The van der Waals surface area contributed by atoms with Crippen molar-refractivity contribution in [2.45, 2.75) is 65.0 Å². The van der Waals surface area contributed by atoms with E-state index in [2.05, 4.69) is 34.6 Å². The molecule has 0 heterocycles. The molecule has 0 spiro atoms. The van der Waals surface area contributed by atoms with E-state index in [-0.39, 0.29) is 5.04 Å². The Labute approximate surface area is 96.6 Å². The summed E-state index contributed by atoms with van der Waals surface area (Å²) < 4.78 is 11.8. The fraction of sp³-hybridized carbons (Fsp3) is 1.00. The molecule has 0 aromatic rings. The third-order valence-electron chi connectivity index (χ3n) is 2.96. The summed E-state index contributed by atoms with van der Waals surface area (Å²) in [7, 11) is -0.190. The van der Waals surface area contributed by atoms with Crippen molar-refractivity contribution in [3.63, 3.8) is 0 Å². The van der Waals surface area contributed by atoms with Gasteiger partial charge in [-0.2, -0.15) is 0 Å². The smallest absolute Gasteiger partial charge is 0.343 e. The fourth-order valence-electron chi connectivity index (χ4n) is 1.97. The summed E-state index contributed by atoms with van der Waals surface area (Å²) in [6.07, 6.45) is 3.76. The van der Waals surface area contributed by atoms with E-state index < -0.39 is 8.56 Å². The van der Waals surface area contributed by atoms with Crippen molar-refractivity contribution in [2.24, 2.45) is 0 Å². The molecular formula is C12H28O2Si. The van der Waals surface area contributed by atoms with E-state index in [0.717, 1.165) is 12.7 Å². The Balaban J connectivity index is 4.51. The molecular weight excluding hydrogens is 204 g/mol. The van der Waals surface area contributed by atoms with Crippen molar-refractivity contribution in [3.8, 4) is 0 Å². The Morgan fingerprint density at radius 3 is 2.00 bits per heavy atom. The molecule has 0 aromatic heterocycles. The molecule has 92 valence electrons. The van der Waals surface area contributed by atoms with E-state index >= 15 is 0 Å². The first kappa shape index (κ1) is 15.1. The van der Waals surface area contributed by atoms with E-state index in [1.807, 2.05) is 7.11 Å². The molecule has 0 saturated heterocycles. The highest BCUT2D eigenvalue weighted by atomic mass is 28.4. The molecule has 1 unspecified atom stereocenters. The maximum absolute atomic E-state index is 6.01. The minimum absolute atomic E-state index is 0.158. The van der Waals surface area contributed by atoms with Gasteiger partial charge < -0.3 is 8.85 Å². The van der Waals surface area contributed by atoms with Gasteiger partial charge in [0.15, 0.2) is 0 Å². The molecule has 0 saturated carbocycles. The number of unbranched alkanes of at least 4 members (excludes halogenated alkanes) is 2. The van der Waals surface area contributed by atoms with Gasteiger partial charge in [0.2, 0.25) is 0 Å². The first-order valence-electron chi connectivity index (χ1n) is 6.12. The quantitative estimate of drug-likeness (QED) is 0.486. The molecule has 0 bridgehead atoms. The van der Waals surface area contributed by atoms with Gasteiger partial charge in [-0.25, -0.2) is 0 Å². The van der Waals surface area contributed by atoms with Gasteiger partial charge in [0, 0.05) is 18.8 Å². The van der Waals surface area contributed by atoms with Crippen molar-refractivity contribution >= 4 is 8.56 Å². The lowest BCUT2D eigenvalue weighted by Gasteiger charge is -2.39. The SMILES string of the molecule is CCCCC[Si](OC)(OCC)C(C)(C)C. The van der Waals surface area contributed by atoms with Crippen molar-refractivity contribution < 1.29 is 8.85 Å². The second kappa shape index (κ2) is 6.66. The predicted molar refractivity (Wildman–Crippen MR) is 68.4 cm³/mol. The lowest BCUT2D eigenvalue weighted by atomic mass is 10.2. The van der Waals surface area contributed by atoms with E-state index in [9.17, 15) is 0 Å². The first-order chi connectivity index (χ1) is 6.93. The maximum Gasteiger partial charge on any atom is 0.343 e. The van der Waals surface area contributed by atoms with Gasteiger partial charge in [0.25, 0.3) is 0 Å². The Bertz CT molecular complexity index is 165. The summed E-state index contributed by atoms with van der Waals surface area (Å²) in [4.78, 5) is 0. The standard InChI is InChI=1S/C12H28O2Si/c1-7-9-10-11-15(13-6,14-8-2)12(3,4)5/h7-11H2,1-6H3. The van der Waals surface area contributed by atoms with Crippen LogP contribution in [0.3, 0.4) is 0 Å². The van der Waals surface area contributed by atoms with Crippen LogP contribution >= 0.6 is 0 Å². The second-order valence-electron chi connectivity index (χ2n) is 5.10. The molecule has 0 aliphatic carbocycles. The zero-order valence-electron chi connectivity index (χ0n) is 11.4. The highest BCUT2D eigenvalue weighted by Crippen LogP contribution is 2.41. The Morgan fingerprint density at radius 1 is 1.07 bits per heavy atom. The summed E-state index contributed by atoms with van der Waals surface area (Å²) in [6.45, 7) is 11.8. The second-order valence-corrected chi connectivity index (χ2v) is 9.30. The van der Waals surface area contributed by atoms with E-state index in [1.165, 1.54) is 19.3 Å². The van der Waals surface area contributed by atoms with E-state index in [0.29, 0.717) is 0 Å². The minimum Gasteiger partial charge on any atom is -0.397 e. The van der Waals surface area contributed by atoms with E-state index in [4.69, 9.17) is 8.85 Å². The average Bonchev–Trinajstić information content (AvgIpc) is 2.15. The molecule has 0 aliphatic heterocycles. The number of rotatable bonds is 7. The van der Waals surface area contributed by atoms with Crippen LogP contribution in [0.25, 0.3) is 0 Å². The van der Waals surface area contributed by atoms with Crippen LogP contribution in [0.2, 0.25) is 11.1 Å². The summed E-state index contributed by atoms with van der Waals surface area (Å²) in [5.74, 6) is 0. The zero-order chi connectivity index (χ0) is 11.9. The van der Waals surface area contributed by atoms with Crippen LogP contribution in [0.4, 0.5) is 0 Å². The lowest BCUT2D eigenvalue weighted by molar-refractivity contribution is 0.183. The monoisotopic (exact) mass is 232 g/mol. The molecule has 0 aromatic carbocycles. The molecule has 0 radical (unpaired) electrons. The largest absolute Gasteiger partial charge is 0.397 e. The van der Waals surface area contributed by atoms with Crippen LogP contribution in [-0.2, 0) is 8.85 Å². The average molecular weight is 232 g/mol. The van der Waals surface area contributed by atoms with Crippen molar-refractivity contribution in [1.29, 1.82) is 0 Å². The molecule has 0 amide bonds. The van der Waals surface area contributed by atoms with Crippen LogP contribution in [0.5, 0.6) is 0 Å². The van der Waals surface area contributed by atoms with Crippen LogP contribution in [0.15, 0.2) is 0 Å².